The van der Waals surface area contributed by atoms with E-state index < -0.39 is 0 Å². The molecule has 0 aliphatic rings. The van der Waals surface area contributed by atoms with Gasteiger partial charge in [-0.3, -0.25) is 0 Å². The standard InChI is InChI=1S/C7H10ClNOS/c1-4(2)7-9-6(8)5(3-10)11-7/h4,10H,3H2,1-2H3. The van der Waals surface area contributed by atoms with Gasteiger partial charge in [0.25, 0.3) is 0 Å². The fourth-order valence-corrected chi connectivity index (χ4v) is 1.83. The van der Waals surface area contributed by atoms with Gasteiger partial charge in [0.05, 0.1) is 16.5 Å². The Balaban J connectivity index is 2.95. The minimum atomic E-state index is -0.0107. The SMILES string of the molecule is CC(C)c1nc(Cl)c(CO)s1. The molecule has 1 N–H and O–H groups in total. The van der Waals surface area contributed by atoms with Gasteiger partial charge in [0.2, 0.25) is 0 Å². The molecule has 0 aliphatic carbocycles. The van der Waals surface area contributed by atoms with Crippen molar-refractivity contribution >= 4 is 22.9 Å². The van der Waals surface area contributed by atoms with Crippen LogP contribution in [0.2, 0.25) is 5.15 Å². The van der Waals surface area contributed by atoms with Gasteiger partial charge in [-0.05, 0) is 0 Å². The highest BCUT2D eigenvalue weighted by molar-refractivity contribution is 7.12. The molecule has 0 bridgehead atoms. The van der Waals surface area contributed by atoms with Crippen molar-refractivity contribution in [2.24, 2.45) is 0 Å². The summed E-state index contributed by atoms with van der Waals surface area (Å²) < 4.78 is 0. The molecule has 0 fully saturated rings. The molecular formula is C7H10ClNOS. The Morgan fingerprint density at radius 2 is 2.27 bits per heavy atom. The Morgan fingerprint density at radius 1 is 1.64 bits per heavy atom. The first kappa shape index (κ1) is 8.97. The minimum absolute atomic E-state index is 0.0107. The molecule has 62 valence electrons. The van der Waals surface area contributed by atoms with E-state index in [2.05, 4.69) is 18.8 Å². The summed E-state index contributed by atoms with van der Waals surface area (Å²) in [7, 11) is 0. The van der Waals surface area contributed by atoms with Crippen LogP contribution in [0.3, 0.4) is 0 Å². The fourth-order valence-electron chi connectivity index (χ4n) is 0.695. The Morgan fingerprint density at radius 3 is 2.55 bits per heavy atom. The number of nitrogens with zero attached hydrogens (tertiary/aromatic N) is 1. The van der Waals surface area contributed by atoms with E-state index in [9.17, 15) is 0 Å². The largest absolute Gasteiger partial charge is 0.391 e. The lowest BCUT2D eigenvalue weighted by atomic mass is 10.2. The van der Waals surface area contributed by atoms with Crippen LogP contribution in [0, 0.1) is 0 Å². The van der Waals surface area contributed by atoms with Crippen LogP contribution in [-0.2, 0) is 6.61 Å². The molecule has 4 heteroatoms. The summed E-state index contributed by atoms with van der Waals surface area (Å²) in [6.07, 6.45) is 0. The Bertz CT molecular complexity index is 247. The third-order valence-corrected chi connectivity index (χ3v) is 3.07. The molecule has 0 aliphatic heterocycles. The van der Waals surface area contributed by atoms with Crippen LogP contribution >= 0.6 is 22.9 Å². The first-order valence-electron chi connectivity index (χ1n) is 3.41. The Labute approximate surface area is 74.8 Å². The number of aliphatic hydroxyl groups is 1. The molecule has 0 amide bonds. The van der Waals surface area contributed by atoms with Crippen LogP contribution in [0.5, 0.6) is 0 Å². The zero-order chi connectivity index (χ0) is 8.43. The monoisotopic (exact) mass is 191 g/mol. The molecule has 1 heterocycles. The van der Waals surface area contributed by atoms with Gasteiger partial charge in [-0.15, -0.1) is 11.3 Å². The van der Waals surface area contributed by atoms with Crippen molar-refractivity contribution in [3.8, 4) is 0 Å². The van der Waals surface area contributed by atoms with E-state index in [1.165, 1.54) is 11.3 Å². The summed E-state index contributed by atoms with van der Waals surface area (Å²) in [6.45, 7) is 4.09. The fraction of sp³-hybridized carbons (Fsp3) is 0.571. The molecule has 1 aromatic rings. The predicted octanol–water partition coefficient (Wildman–Crippen LogP) is 2.41. The van der Waals surface area contributed by atoms with E-state index in [1.807, 2.05) is 0 Å². The maximum Gasteiger partial charge on any atom is 0.145 e. The van der Waals surface area contributed by atoms with Crippen LogP contribution in [-0.4, -0.2) is 10.1 Å². The summed E-state index contributed by atoms with van der Waals surface area (Å²) in [4.78, 5) is 4.86. The van der Waals surface area contributed by atoms with Crippen molar-refractivity contribution in [3.05, 3.63) is 15.0 Å². The molecule has 1 rings (SSSR count). The van der Waals surface area contributed by atoms with Gasteiger partial charge in [0.1, 0.15) is 5.15 Å². The normalized spacial score (nSPS) is 11.0. The average Bonchev–Trinajstić information content (AvgIpc) is 2.31. The number of aliphatic hydroxyl groups excluding tert-OH is 1. The van der Waals surface area contributed by atoms with Crippen molar-refractivity contribution in [3.63, 3.8) is 0 Å². The average molecular weight is 192 g/mol. The summed E-state index contributed by atoms with van der Waals surface area (Å²) >= 11 is 7.20. The van der Waals surface area contributed by atoms with Crippen LogP contribution in [0.4, 0.5) is 0 Å². The predicted molar refractivity (Wildman–Crippen MR) is 47.1 cm³/mol. The van der Waals surface area contributed by atoms with Crippen molar-refractivity contribution in [2.75, 3.05) is 0 Å². The molecule has 2 nitrogen and oxygen atoms in total. The Kier molecular flexibility index (Phi) is 2.87. The topological polar surface area (TPSA) is 33.1 Å². The molecule has 0 saturated heterocycles. The second-order valence-electron chi connectivity index (χ2n) is 2.58. The third-order valence-electron chi connectivity index (χ3n) is 1.30. The second-order valence-corrected chi connectivity index (χ2v) is 4.05. The number of halogens is 1. The van der Waals surface area contributed by atoms with Crippen molar-refractivity contribution in [1.29, 1.82) is 0 Å². The van der Waals surface area contributed by atoms with Gasteiger partial charge in [-0.25, -0.2) is 4.98 Å². The number of aromatic nitrogens is 1. The number of hydrogen-bond donors (Lipinski definition) is 1. The maximum atomic E-state index is 8.80. The number of hydrogen-bond acceptors (Lipinski definition) is 3. The van der Waals surface area contributed by atoms with Crippen molar-refractivity contribution in [1.82, 2.24) is 4.98 Å². The first-order chi connectivity index (χ1) is 5.15. The van der Waals surface area contributed by atoms with Gasteiger partial charge >= 0.3 is 0 Å². The van der Waals surface area contributed by atoms with Gasteiger partial charge in [0, 0.05) is 5.92 Å². The molecule has 0 radical (unpaired) electrons. The van der Waals surface area contributed by atoms with Gasteiger partial charge in [-0.2, -0.15) is 0 Å². The molecule has 0 atom stereocenters. The van der Waals surface area contributed by atoms with Gasteiger partial charge < -0.3 is 5.11 Å². The quantitative estimate of drug-likeness (QED) is 0.779. The third kappa shape index (κ3) is 1.92. The van der Waals surface area contributed by atoms with Crippen molar-refractivity contribution in [2.45, 2.75) is 26.4 Å². The molecule has 0 saturated carbocycles. The van der Waals surface area contributed by atoms with Crippen molar-refractivity contribution < 1.29 is 5.11 Å². The first-order valence-corrected chi connectivity index (χ1v) is 4.60. The minimum Gasteiger partial charge on any atom is -0.391 e. The summed E-state index contributed by atoms with van der Waals surface area (Å²) in [5, 5.41) is 10.2. The Hall–Kier alpha value is -0.120. The molecule has 0 aromatic carbocycles. The van der Waals surface area contributed by atoms with E-state index in [-0.39, 0.29) is 6.61 Å². The van der Waals surface area contributed by atoms with Gasteiger partial charge in [0.15, 0.2) is 0 Å². The summed E-state index contributed by atoms with van der Waals surface area (Å²) in [5.41, 5.74) is 0. The van der Waals surface area contributed by atoms with Crippen LogP contribution < -0.4 is 0 Å². The number of thiazole rings is 1. The second kappa shape index (κ2) is 3.52. The molecule has 1 aromatic heterocycles. The smallest absolute Gasteiger partial charge is 0.145 e. The zero-order valence-electron chi connectivity index (χ0n) is 6.47. The van der Waals surface area contributed by atoms with Gasteiger partial charge in [-0.1, -0.05) is 25.4 Å². The molecule has 0 unspecified atom stereocenters. The molecule has 11 heavy (non-hydrogen) atoms. The van der Waals surface area contributed by atoms with E-state index in [4.69, 9.17) is 16.7 Å². The lowest BCUT2D eigenvalue weighted by molar-refractivity contribution is 0.285. The van der Waals surface area contributed by atoms with Crippen LogP contribution in [0.15, 0.2) is 0 Å². The lowest BCUT2D eigenvalue weighted by Gasteiger charge is -1.94. The summed E-state index contributed by atoms with van der Waals surface area (Å²) in [5.74, 6) is 0.387. The highest BCUT2D eigenvalue weighted by Gasteiger charge is 2.10. The molecule has 0 spiro atoms. The van der Waals surface area contributed by atoms with Crippen LogP contribution in [0.1, 0.15) is 29.7 Å². The molecular weight excluding hydrogens is 182 g/mol. The van der Waals surface area contributed by atoms with E-state index in [0.29, 0.717) is 11.1 Å². The maximum absolute atomic E-state index is 8.80. The number of rotatable bonds is 2. The highest BCUT2D eigenvalue weighted by atomic mass is 35.5. The van der Waals surface area contributed by atoms with E-state index in [1.54, 1.807) is 0 Å². The van der Waals surface area contributed by atoms with E-state index in [0.717, 1.165) is 9.88 Å². The lowest BCUT2D eigenvalue weighted by Crippen LogP contribution is -1.82. The van der Waals surface area contributed by atoms with Crippen LogP contribution in [0.25, 0.3) is 0 Å². The van der Waals surface area contributed by atoms with E-state index >= 15 is 0 Å². The zero-order valence-corrected chi connectivity index (χ0v) is 8.04. The summed E-state index contributed by atoms with van der Waals surface area (Å²) in [6, 6.07) is 0. The highest BCUT2D eigenvalue weighted by Crippen LogP contribution is 2.27.